The lowest BCUT2D eigenvalue weighted by Crippen LogP contribution is -2.48. The molecule has 1 saturated carbocycles. The number of hydrogen-bond acceptors (Lipinski definition) is 8. The van der Waals surface area contributed by atoms with E-state index >= 15 is 0 Å². The number of methoxy groups -OCH3 is 1. The molecule has 2 aromatic rings. The van der Waals surface area contributed by atoms with Gasteiger partial charge in [0, 0.05) is 31.8 Å². The molecule has 0 atom stereocenters. The van der Waals surface area contributed by atoms with Crippen LogP contribution >= 0.6 is 0 Å². The molecule has 36 heavy (non-hydrogen) atoms. The van der Waals surface area contributed by atoms with Crippen molar-refractivity contribution in [3.05, 3.63) is 30.0 Å². The monoisotopic (exact) mass is 498 g/mol. The normalized spacial score (nSPS) is 15.2. The van der Waals surface area contributed by atoms with Gasteiger partial charge in [-0.25, -0.2) is 4.98 Å². The van der Waals surface area contributed by atoms with Crippen LogP contribution in [0.25, 0.3) is 0 Å². The van der Waals surface area contributed by atoms with E-state index in [9.17, 15) is 9.59 Å². The van der Waals surface area contributed by atoms with E-state index in [1.165, 1.54) is 0 Å². The molecule has 1 aliphatic heterocycles. The van der Waals surface area contributed by atoms with Crippen molar-refractivity contribution in [1.82, 2.24) is 15.3 Å². The van der Waals surface area contributed by atoms with Gasteiger partial charge in [0.15, 0.2) is 5.82 Å². The lowest BCUT2D eigenvalue weighted by atomic mass is 10.1. The quantitative estimate of drug-likeness (QED) is 0.450. The van der Waals surface area contributed by atoms with Crippen LogP contribution in [-0.2, 0) is 4.79 Å². The minimum absolute atomic E-state index is 0.0376. The Morgan fingerprint density at radius 3 is 2.67 bits per heavy atom. The van der Waals surface area contributed by atoms with Gasteiger partial charge in [0.25, 0.3) is 5.91 Å². The number of carbonyl (C=O) groups excluding carboxylic acids is 2. The van der Waals surface area contributed by atoms with Gasteiger partial charge in [0.2, 0.25) is 11.9 Å². The average Bonchev–Trinajstić information content (AvgIpc) is 3.45. The summed E-state index contributed by atoms with van der Waals surface area (Å²) in [6.07, 6.45) is 7.47. The van der Waals surface area contributed by atoms with Crippen LogP contribution in [0.2, 0.25) is 0 Å². The molecule has 0 bridgehead atoms. The van der Waals surface area contributed by atoms with Crippen molar-refractivity contribution in [3.8, 4) is 5.75 Å². The first-order valence-corrected chi connectivity index (χ1v) is 12.8. The second-order valence-electron chi connectivity index (χ2n) is 8.65. The average molecular weight is 499 g/mol. The minimum atomic E-state index is -0.201. The number of aromatic nitrogens is 2. The molecule has 2 aliphatic rings. The van der Waals surface area contributed by atoms with E-state index in [0.29, 0.717) is 60.6 Å². The van der Waals surface area contributed by atoms with E-state index in [1.54, 1.807) is 43.5 Å². The number of fused-ring (bicyclic) bond motifs is 1. The standard InChI is InChI=1S/C24H32N6O4.C2H6/c1-29-19-14-26-24(28-22(19)30(15-21(29)32)17-7-3-4-8-17)27-18-10-9-16(13-20(18)34-2)23(33)25-11-5-6-12-31;1-2/h9-10,13-14,17,31H,3-8,11-12,15H2,1-2H3,(H,25,33)(H,26,27,28);1-2H3. The number of carbonyl (C=O) groups is 2. The third-order valence-electron chi connectivity index (χ3n) is 6.41. The molecule has 3 N–H and O–H groups in total. The number of amides is 2. The molecule has 196 valence electrons. The molecule has 0 radical (unpaired) electrons. The Morgan fingerprint density at radius 1 is 1.22 bits per heavy atom. The highest BCUT2D eigenvalue weighted by Crippen LogP contribution is 2.37. The van der Waals surface area contributed by atoms with Crippen molar-refractivity contribution in [1.29, 1.82) is 0 Å². The number of anilines is 4. The van der Waals surface area contributed by atoms with E-state index in [2.05, 4.69) is 20.5 Å². The third-order valence-corrected chi connectivity index (χ3v) is 6.41. The maximum atomic E-state index is 12.5. The number of likely N-dealkylation sites (N-methyl/N-ethyl adjacent to an activating group) is 1. The summed E-state index contributed by atoms with van der Waals surface area (Å²) in [6.45, 7) is 4.93. The van der Waals surface area contributed by atoms with Gasteiger partial charge in [-0.3, -0.25) is 9.59 Å². The fraction of sp³-hybridized carbons (Fsp3) is 0.538. The molecule has 0 saturated heterocycles. The topological polar surface area (TPSA) is 120 Å². The summed E-state index contributed by atoms with van der Waals surface area (Å²) in [5, 5.41) is 14.9. The van der Waals surface area contributed by atoms with Crippen LogP contribution in [-0.4, -0.2) is 66.8 Å². The summed E-state index contributed by atoms with van der Waals surface area (Å²) in [7, 11) is 3.29. The molecule has 1 aliphatic carbocycles. The van der Waals surface area contributed by atoms with Gasteiger partial charge in [0.1, 0.15) is 11.4 Å². The fourth-order valence-electron chi connectivity index (χ4n) is 4.45. The minimum Gasteiger partial charge on any atom is -0.495 e. The molecule has 2 heterocycles. The first-order chi connectivity index (χ1) is 17.5. The number of hydrogen-bond donors (Lipinski definition) is 3. The summed E-state index contributed by atoms with van der Waals surface area (Å²) in [4.78, 5) is 37.8. The Morgan fingerprint density at radius 2 is 1.97 bits per heavy atom. The Kier molecular flexibility index (Phi) is 9.86. The van der Waals surface area contributed by atoms with Crippen LogP contribution in [0, 0.1) is 0 Å². The number of rotatable bonds is 9. The maximum absolute atomic E-state index is 12.5. The summed E-state index contributed by atoms with van der Waals surface area (Å²) >= 11 is 0. The van der Waals surface area contributed by atoms with Gasteiger partial charge in [-0.2, -0.15) is 4.98 Å². The number of ether oxygens (including phenoxy) is 1. The van der Waals surface area contributed by atoms with E-state index < -0.39 is 0 Å². The Balaban J connectivity index is 0.00000176. The highest BCUT2D eigenvalue weighted by atomic mass is 16.5. The number of aliphatic hydroxyl groups excluding tert-OH is 1. The zero-order valence-electron chi connectivity index (χ0n) is 21.7. The predicted octanol–water partition coefficient (Wildman–Crippen LogP) is 3.48. The van der Waals surface area contributed by atoms with Crippen molar-refractivity contribution in [2.24, 2.45) is 0 Å². The lowest BCUT2D eigenvalue weighted by Gasteiger charge is -2.37. The van der Waals surface area contributed by atoms with Gasteiger partial charge in [0.05, 0.1) is 25.5 Å². The Bertz CT molecular complexity index is 1040. The van der Waals surface area contributed by atoms with E-state index in [1.807, 2.05) is 13.8 Å². The molecule has 0 unspecified atom stereocenters. The molecule has 10 heteroatoms. The van der Waals surface area contributed by atoms with Crippen molar-refractivity contribution in [2.45, 2.75) is 58.4 Å². The smallest absolute Gasteiger partial charge is 0.251 e. The van der Waals surface area contributed by atoms with E-state index in [0.717, 1.165) is 31.5 Å². The zero-order chi connectivity index (χ0) is 26.1. The van der Waals surface area contributed by atoms with E-state index in [-0.39, 0.29) is 18.4 Å². The van der Waals surface area contributed by atoms with Crippen molar-refractivity contribution < 1.29 is 19.4 Å². The summed E-state index contributed by atoms with van der Waals surface area (Å²) in [6, 6.07) is 5.44. The van der Waals surface area contributed by atoms with Crippen LogP contribution in [0.5, 0.6) is 5.75 Å². The fourth-order valence-corrected chi connectivity index (χ4v) is 4.45. The number of unbranched alkanes of at least 4 members (excludes halogenated alkanes) is 1. The molecule has 2 amide bonds. The van der Waals surface area contributed by atoms with Crippen LogP contribution in [0.1, 0.15) is 62.7 Å². The zero-order valence-corrected chi connectivity index (χ0v) is 21.7. The van der Waals surface area contributed by atoms with Gasteiger partial charge >= 0.3 is 0 Å². The van der Waals surface area contributed by atoms with Crippen LogP contribution in [0.15, 0.2) is 24.4 Å². The predicted molar refractivity (Wildman–Crippen MR) is 141 cm³/mol. The van der Waals surface area contributed by atoms with Gasteiger partial charge < -0.3 is 30.3 Å². The number of nitrogens with one attached hydrogen (secondary N) is 2. The van der Waals surface area contributed by atoms with Crippen LogP contribution in [0.3, 0.4) is 0 Å². The van der Waals surface area contributed by atoms with Crippen molar-refractivity contribution in [3.63, 3.8) is 0 Å². The second kappa shape index (κ2) is 13.1. The van der Waals surface area contributed by atoms with Crippen molar-refractivity contribution in [2.75, 3.05) is 49.0 Å². The molecule has 0 spiro atoms. The molecule has 1 aromatic heterocycles. The van der Waals surface area contributed by atoms with Crippen LogP contribution in [0.4, 0.5) is 23.1 Å². The van der Waals surface area contributed by atoms with Crippen LogP contribution < -0.4 is 25.2 Å². The summed E-state index contributed by atoms with van der Waals surface area (Å²) in [5.41, 5.74) is 1.81. The van der Waals surface area contributed by atoms with E-state index in [4.69, 9.17) is 14.8 Å². The maximum Gasteiger partial charge on any atom is 0.251 e. The first kappa shape index (κ1) is 27.2. The first-order valence-electron chi connectivity index (χ1n) is 12.8. The summed E-state index contributed by atoms with van der Waals surface area (Å²) in [5.74, 6) is 1.47. The largest absolute Gasteiger partial charge is 0.495 e. The molecule has 1 fully saturated rings. The molecule has 10 nitrogen and oxygen atoms in total. The van der Waals surface area contributed by atoms with Gasteiger partial charge in [-0.1, -0.05) is 26.7 Å². The lowest BCUT2D eigenvalue weighted by molar-refractivity contribution is -0.117. The highest BCUT2D eigenvalue weighted by molar-refractivity contribution is 6.02. The third kappa shape index (κ3) is 6.23. The molecular formula is C26H38N6O4. The molecule has 1 aromatic carbocycles. The van der Waals surface area contributed by atoms with Gasteiger partial charge in [-0.15, -0.1) is 0 Å². The van der Waals surface area contributed by atoms with Crippen molar-refractivity contribution >= 4 is 35.0 Å². The Labute approximate surface area is 213 Å². The highest BCUT2D eigenvalue weighted by Gasteiger charge is 2.34. The number of nitrogens with zero attached hydrogens (tertiary/aromatic N) is 4. The number of benzene rings is 1. The number of aliphatic hydroxyl groups is 1. The second-order valence-corrected chi connectivity index (χ2v) is 8.65. The molecular weight excluding hydrogens is 460 g/mol. The van der Waals surface area contributed by atoms with Gasteiger partial charge in [-0.05, 0) is 43.9 Å². The summed E-state index contributed by atoms with van der Waals surface area (Å²) < 4.78 is 5.50. The molecule has 4 rings (SSSR count). The SMILES string of the molecule is CC.COc1cc(C(=O)NCCCCO)ccc1Nc1ncc2c(n1)N(C1CCCC1)CC(=O)N2C. The Hall–Kier alpha value is -3.40.